The minimum Gasteiger partial charge on any atom is -0.456 e. The van der Waals surface area contributed by atoms with E-state index in [9.17, 15) is 0 Å². The van der Waals surface area contributed by atoms with Crippen LogP contribution in [0.3, 0.4) is 0 Å². The summed E-state index contributed by atoms with van der Waals surface area (Å²) < 4.78 is 13.8. The predicted octanol–water partition coefficient (Wildman–Crippen LogP) is 17.3. The second-order valence-electron chi connectivity index (χ2n) is 17.5. The highest BCUT2D eigenvalue weighted by Gasteiger charge is 2.46. The van der Waals surface area contributed by atoms with E-state index in [1.54, 1.807) is 0 Å². The first-order valence-electron chi connectivity index (χ1n) is 22.7. The van der Waals surface area contributed by atoms with Crippen LogP contribution in [0.15, 0.2) is 245 Å². The largest absolute Gasteiger partial charge is 0.456 e. The maximum absolute atomic E-state index is 7.34. The van der Waals surface area contributed by atoms with Crippen LogP contribution in [0.4, 0.5) is 17.1 Å². The Morgan fingerprint density at radius 2 is 0.894 bits per heavy atom. The first kappa shape index (κ1) is 36.8. The molecule has 0 radical (unpaired) electrons. The summed E-state index contributed by atoms with van der Waals surface area (Å²) in [7, 11) is 0. The summed E-state index contributed by atoms with van der Waals surface area (Å²) in [6.07, 6.45) is 0. The molecule has 0 unspecified atom stereocenters. The molecule has 0 bridgehead atoms. The fourth-order valence-corrected chi connectivity index (χ4v) is 11.4. The minimum absolute atomic E-state index is 0.580. The van der Waals surface area contributed by atoms with Crippen LogP contribution in [0.1, 0.15) is 22.3 Å². The van der Waals surface area contributed by atoms with Gasteiger partial charge < -0.3 is 13.7 Å². The Bertz CT molecular complexity index is 4010. The smallest absolute Gasteiger partial charge is 0.160 e. The average molecular weight is 842 g/mol. The predicted molar refractivity (Wildman–Crippen MR) is 273 cm³/mol. The Hall–Kier alpha value is -8.66. The van der Waals surface area contributed by atoms with E-state index in [1.165, 1.54) is 54.9 Å². The van der Waals surface area contributed by atoms with Crippen LogP contribution in [-0.2, 0) is 5.41 Å². The van der Waals surface area contributed by atoms with E-state index in [-0.39, 0.29) is 0 Å². The third-order valence-corrected chi connectivity index (χ3v) is 14.1. The van der Waals surface area contributed by atoms with Gasteiger partial charge in [0.25, 0.3) is 0 Å². The summed E-state index contributed by atoms with van der Waals surface area (Å²) in [5.74, 6) is 0. The van der Waals surface area contributed by atoms with Gasteiger partial charge in [-0.3, -0.25) is 0 Å². The van der Waals surface area contributed by atoms with Crippen molar-refractivity contribution in [1.29, 1.82) is 0 Å². The number of rotatable bonds is 6. The molecule has 3 heteroatoms. The number of anilines is 3. The molecule has 0 saturated heterocycles. The molecule has 0 amide bonds. The average Bonchev–Trinajstić information content (AvgIpc) is 4.05. The topological polar surface area (TPSA) is 29.5 Å². The maximum atomic E-state index is 7.34. The van der Waals surface area contributed by atoms with Crippen LogP contribution in [0, 0.1) is 0 Å². The molecule has 0 N–H and O–H groups in total. The molecule has 0 atom stereocenters. The molecule has 0 spiro atoms. The quantitative estimate of drug-likeness (QED) is 0.156. The second-order valence-corrected chi connectivity index (χ2v) is 17.5. The van der Waals surface area contributed by atoms with Crippen molar-refractivity contribution in [3.8, 4) is 22.3 Å². The van der Waals surface area contributed by atoms with Crippen molar-refractivity contribution in [2.45, 2.75) is 5.41 Å². The van der Waals surface area contributed by atoms with Crippen LogP contribution in [0.2, 0.25) is 0 Å². The first-order valence-corrected chi connectivity index (χ1v) is 22.7. The lowest BCUT2D eigenvalue weighted by molar-refractivity contribution is 0.663. The van der Waals surface area contributed by atoms with Crippen LogP contribution < -0.4 is 4.90 Å². The lowest BCUT2D eigenvalue weighted by atomic mass is 9.67. The van der Waals surface area contributed by atoms with Gasteiger partial charge in [-0.1, -0.05) is 182 Å². The molecule has 66 heavy (non-hydrogen) atoms. The summed E-state index contributed by atoms with van der Waals surface area (Å²) in [6.45, 7) is 0. The molecule has 14 rings (SSSR count). The van der Waals surface area contributed by atoms with Crippen molar-refractivity contribution in [2.24, 2.45) is 0 Å². The van der Waals surface area contributed by atoms with E-state index in [2.05, 4.69) is 229 Å². The Labute approximate surface area is 381 Å². The van der Waals surface area contributed by atoms with Crippen molar-refractivity contribution in [3.63, 3.8) is 0 Å². The number of fused-ring (bicyclic) bond motifs is 13. The van der Waals surface area contributed by atoms with Crippen molar-refractivity contribution in [3.05, 3.63) is 259 Å². The van der Waals surface area contributed by atoms with Gasteiger partial charge in [-0.2, -0.15) is 0 Å². The molecule has 0 fully saturated rings. The van der Waals surface area contributed by atoms with Gasteiger partial charge in [-0.05, 0) is 115 Å². The number of benzene rings is 11. The molecule has 2 heterocycles. The Kier molecular flexibility index (Phi) is 7.90. The highest BCUT2D eigenvalue weighted by atomic mass is 16.3. The van der Waals surface area contributed by atoms with Crippen LogP contribution >= 0.6 is 0 Å². The fourth-order valence-electron chi connectivity index (χ4n) is 11.4. The lowest BCUT2D eigenvalue weighted by Gasteiger charge is -2.35. The van der Waals surface area contributed by atoms with Crippen LogP contribution in [0.25, 0.3) is 87.7 Å². The highest BCUT2D eigenvalue weighted by Crippen LogP contribution is 2.58. The van der Waals surface area contributed by atoms with Gasteiger partial charge in [-0.25, -0.2) is 0 Å². The number of hydrogen-bond acceptors (Lipinski definition) is 3. The summed E-state index contributed by atoms with van der Waals surface area (Å²) in [5, 5.41) is 9.03. The number of hydrogen-bond donors (Lipinski definition) is 0. The highest BCUT2D eigenvalue weighted by molar-refractivity contribution is 6.28. The van der Waals surface area contributed by atoms with Gasteiger partial charge in [0.15, 0.2) is 5.58 Å². The zero-order valence-corrected chi connectivity index (χ0v) is 35.8. The molecule has 11 aromatic carbocycles. The van der Waals surface area contributed by atoms with Gasteiger partial charge >= 0.3 is 0 Å². The molecule has 3 nitrogen and oxygen atoms in total. The summed E-state index contributed by atoms with van der Waals surface area (Å²) in [5.41, 5.74) is 15.4. The monoisotopic (exact) mass is 841 g/mol. The molecule has 1 aliphatic rings. The van der Waals surface area contributed by atoms with Crippen LogP contribution in [0.5, 0.6) is 0 Å². The van der Waals surface area contributed by atoms with Crippen molar-refractivity contribution in [1.82, 2.24) is 0 Å². The van der Waals surface area contributed by atoms with E-state index >= 15 is 0 Å². The minimum atomic E-state index is -0.580. The standard InChI is InChI=1S/C63H39NO2/c1-4-19-41(20-5-1)63(42-21-6-2-7-22-42)54-30-16-14-28-48(54)49-33-32-44(39-55(49)63)64(43-23-8-3-9-24-43)61-50(53-38-40-18-10-11-25-45(40)46-26-12-13-27-47(46)53)34-35-52-60-58(66-62(52)61)37-36-57-59(60)51-29-15-17-31-56(51)65-57/h1-39H. The fraction of sp³-hybridized carbons (Fsp3) is 0.0159. The first-order chi connectivity index (χ1) is 32.8. The number of nitrogens with zero attached hydrogens (tertiary/aromatic N) is 1. The Morgan fingerprint density at radius 1 is 0.318 bits per heavy atom. The van der Waals surface area contributed by atoms with Gasteiger partial charge in [0, 0.05) is 38.5 Å². The van der Waals surface area contributed by atoms with Crippen molar-refractivity contribution in [2.75, 3.05) is 4.90 Å². The third-order valence-electron chi connectivity index (χ3n) is 14.1. The van der Waals surface area contributed by atoms with Crippen molar-refractivity contribution < 1.29 is 8.83 Å². The zero-order chi connectivity index (χ0) is 43.3. The number of para-hydroxylation sites is 2. The molecule has 0 aliphatic heterocycles. The molecule has 13 aromatic rings. The number of furan rings is 2. The Morgan fingerprint density at radius 3 is 1.67 bits per heavy atom. The van der Waals surface area contributed by atoms with E-state index < -0.39 is 5.41 Å². The van der Waals surface area contributed by atoms with Gasteiger partial charge in [0.05, 0.1) is 11.1 Å². The van der Waals surface area contributed by atoms with E-state index in [1.807, 2.05) is 12.1 Å². The molecule has 2 aromatic heterocycles. The van der Waals surface area contributed by atoms with E-state index in [0.717, 1.165) is 72.1 Å². The van der Waals surface area contributed by atoms with E-state index in [4.69, 9.17) is 8.83 Å². The van der Waals surface area contributed by atoms with Gasteiger partial charge in [-0.15, -0.1) is 0 Å². The molecule has 1 aliphatic carbocycles. The molecular formula is C63H39NO2. The van der Waals surface area contributed by atoms with Gasteiger partial charge in [0.1, 0.15) is 16.7 Å². The summed E-state index contributed by atoms with van der Waals surface area (Å²) in [6, 6.07) is 85.9. The third kappa shape index (κ3) is 5.14. The van der Waals surface area contributed by atoms with Crippen LogP contribution in [-0.4, -0.2) is 0 Å². The summed E-state index contributed by atoms with van der Waals surface area (Å²) in [4.78, 5) is 2.44. The molecular weight excluding hydrogens is 803 g/mol. The second kappa shape index (κ2) is 14.2. The SMILES string of the molecule is c1ccc(N(c2ccc3c(c2)C(c2ccccc2)(c2ccccc2)c2ccccc2-3)c2c(-c3cc4ccccc4c4ccccc34)ccc3c2oc2ccc4oc5ccccc5c4c23)cc1. The summed E-state index contributed by atoms with van der Waals surface area (Å²) >= 11 is 0. The van der Waals surface area contributed by atoms with Crippen molar-refractivity contribution >= 4 is 82.5 Å². The molecule has 0 saturated carbocycles. The normalized spacial score (nSPS) is 13.0. The zero-order valence-electron chi connectivity index (χ0n) is 35.8. The van der Waals surface area contributed by atoms with Gasteiger partial charge in [0.2, 0.25) is 0 Å². The lowest BCUT2D eigenvalue weighted by Crippen LogP contribution is -2.28. The molecule has 308 valence electrons. The maximum Gasteiger partial charge on any atom is 0.160 e. The van der Waals surface area contributed by atoms with E-state index in [0.29, 0.717) is 0 Å². The Balaban J connectivity index is 1.13.